The van der Waals surface area contributed by atoms with Crippen LogP contribution in [0.15, 0.2) is 77.5 Å². The summed E-state index contributed by atoms with van der Waals surface area (Å²) in [6.07, 6.45) is 3.02. The van der Waals surface area contributed by atoms with Gasteiger partial charge >= 0.3 is 0 Å². The first-order valence-corrected chi connectivity index (χ1v) is 10.5. The number of rotatable bonds is 5. The Morgan fingerprint density at radius 1 is 1.07 bits per heavy atom. The van der Waals surface area contributed by atoms with Crippen LogP contribution in [0, 0.1) is 0 Å². The molecule has 0 N–H and O–H groups in total. The third kappa shape index (κ3) is 4.07. The van der Waals surface area contributed by atoms with Crippen molar-refractivity contribution >= 4 is 32.7 Å². The Hall–Kier alpha value is -2.44. The van der Waals surface area contributed by atoms with Gasteiger partial charge in [-0.3, -0.25) is 4.79 Å². The fraction of sp³-hybridized carbons (Fsp3) is 0.167. The van der Waals surface area contributed by atoms with Crippen LogP contribution in [-0.2, 0) is 19.5 Å². The van der Waals surface area contributed by atoms with Crippen LogP contribution in [0.5, 0.6) is 5.75 Å². The number of hydrogen-bond donors (Lipinski definition) is 0. The largest absolute Gasteiger partial charge is 1.00 e. The first-order valence-electron chi connectivity index (χ1n) is 9.68. The number of halogens is 2. The maximum atomic E-state index is 12.8. The lowest BCUT2D eigenvalue weighted by atomic mass is 10.1. The van der Waals surface area contributed by atoms with E-state index in [0.29, 0.717) is 6.54 Å². The third-order valence-corrected chi connectivity index (χ3v) is 5.89. The summed E-state index contributed by atoms with van der Waals surface area (Å²) in [6.45, 7) is 1.84. The highest BCUT2D eigenvalue weighted by Crippen LogP contribution is 2.26. The highest BCUT2D eigenvalue weighted by molar-refractivity contribution is 9.10. The molecule has 152 valence electrons. The molecule has 0 saturated carbocycles. The predicted molar refractivity (Wildman–Crippen MR) is 115 cm³/mol. The fourth-order valence-electron chi connectivity index (χ4n) is 3.91. The van der Waals surface area contributed by atoms with Crippen molar-refractivity contribution in [2.75, 3.05) is 6.61 Å². The molecule has 0 saturated heterocycles. The number of benzene rings is 3. The summed E-state index contributed by atoms with van der Waals surface area (Å²) < 4.78 is 10.8. The van der Waals surface area contributed by atoms with Crippen molar-refractivity contribution < 1.29 is 31.1 Å². The molecule has 0 amide bonds. The molecular formula is C24H20Br2N2O2. The molecule has 1 aliphatic rings. The van der Waals surface area contributed by atoms with Gasteiger partial charge in [0.25, 0.3) is 0 Å². The van der Waals surface area contributed by atoms with Crippen LogP contribution in [0.25, 0.3) is 11.0 Å². The smallest absolute Gasteiger partial charge is 0.245 e. The Labute approximate surface area is 194 Å². The van der Waals surface area contributed by atoms with Crippen LogP contribution in [0.2, 0.25) is 0 Å². The van der Waals surface area contributed by atoms with Crippen LogP contribution in [0.4, 0.5) is 0 Å². The lowest BCUT2D eigenvalue weighted by Gasteiger charge is -2.02. The second-order valence-corrected chi connectivity index (χ2v) is 8.25. The summed E-state index contributed by atoms with van der Waals surface area (Å²) >= 11 is 3.42. The molecular weight excluding hydrogens is 508 g/mol. The van der Waals surface area contributed by atoms with E-state index in [0.717, 1.165) is 46.4 Å². The third-order valence-electron chi connectivity index (χ3n) is 5.37. The van der Waals surface area contributed by atoms with Gasteiger partial charge in [0, 0.05) is 16.5 Å². The molecule has 6 heteroatoms. The van der Waals surface area contributed by atoms with E-state index < -0.39 is 0 Å². The summed E-state index contributed by atoms with van der Waals surface area (Å²) in [4.78, 5) is 12.8. The van der Waals surface area contributed by atoms with E-state index >= 15 is 0 Å². The van der Waals surface area contributed by atoms with Gasteiger partial charge < -0.3 is 21.7 Å². The molecule has 1 aromatic heterocycles. The Morgan fingerprint density at radius 2 is 1.87 bits per heavy atom. The van der Waals surface area contributed by atoms with Crippen LogP contribution in [-0.4, -0.2) is 17.0 Å². The molecule has 0 bridgehead atoms. The maximum absolute atomic E-state index is 12.8. The van der Waals surface area contributed by atoms with Crippen molar-refractivity contribution in [2.45, 2.75) is 19.5 Å². The first kappa shape index (κ1) is 20.8. The number of carbonyl (C=O) groups is 1. The van der Waals surface area contributed by atoms with Gasteiger partial charge in [-0.1, -0.05) is 46.3 Å². The van der Waals surface area contributed by atoms with Gasteiger partial charge in [0.2, 0.25) is 12.1 Å². The van der Waals surface area contributed by atoms with Crippen LogP contribution >= 0.6 is 15.9 Å². The molecule has 1 aliphatic heterocycles. The first-order chi connectivity index (χ1) is 14.2. The zero-order chi connectivity index (χ0) is 19.8. The minimum Gasteiger partial charge on any atom is -1.00 e. The molecule has 0 spiro atoms. The van der Waals surface area contributed by atoms with E-state index in [1.807, 2.05) is 47.3 Å². The Bertz CT molecular complexity index is 1220. The average molecular weight is 528 g/mol. The van der Waals surface area contributed by atoms with Crippen molar-refractivity contribution in [1.82, 2.24) is 4.57 Å². The molecule has 0 aliphatic carbocycles. The number of hydrogen-bond acceptors (Lipinski definition) is 2. The highest BCUT2D eigenvalue weighted by atomic mass is 79.9. The average Bonchev–Trinajstić information content (AvgIpc) is 3.33. The van der Waals surface area contributed by atoms with E-state index in [1.54, 1.807) is 0 Å². The highest BCUT2D eigenvalue weighted by Gasteiger charge is 2.20. The van der Waals surface area contributed by atoms with Gasteiger partial charge in [-0.05, 0) is 47.5 Å². The zero-order valence-corrected chi connectivity index (χ0v) is 19.4. The van der Waals surface area contributed by atoms with Crippen LogP contribution < -0.4 is 26.3 Å². The normalized spacial score (nSPS) is 12.3. The molecule has 0 unspecified atom stereocenters. The number of ketones is 1. The molecule has 5 rings (SSSR count). The molecule has 4 aromatic rings. The standard InChI is InChI=1S/C24H20BrN2O2.BrH/c25-20-8-6-18(7-9-20)23(28)15-27-16-26(21-3-1-2-4-22(21)27)14-17-5-10-24-19(13-17)11-12-29-24;/h1-10,13,16H,11-12,14-15H2;1H/q+1;/p-1. The minimum absolute atomic E-state index is 0. The summed E-state index contributed by atoms with van der Waals surface area (Å²) in [7, 11) is 0. The molecule has 0 atom stereocenters. The van der Waals surface area contributed by atoms with E-state index in [2.05, 4.69) is 50.8 Å². The molecule has 0 fully saturated rings. The molecule has 3 aromatic carbocycles. The number of nitrogens with zero attached hydrogens (tertiary/aromatic N) is 2. The Balaban J connectivity index is 0.00000218. The predicted octanol–water partition coefficient (Wildman–Crippen LogP) is 1.56. The van der Waals surface area contributed by atoms with Gasteiger partial charge in [0.15, 0.2) is 17.6 Å². The topological polar surface area (TPSA) is 35.1 Å². The molecule has 4 nitrogen and oxygen atoms in total. The quantitative estimate of drug-likeness (QED) is 0.292. The second-order valence-electron chi connectivity index (χ2n) is 7.33. The van der Waals surface area contributed by atoms with Crippen molar-refractivity contribution in [2.24, 2.45) is 0 Å². The molecule has 30 heavy (non-hydrogen) atoms. The summed E-state index contributed by atoms with van der Waals surface area (Å²) in [5.74, 6) is 1.10. The SMILES string of the molecule is O=C(Cn1c[n+](Cc2ccc3c(c2)CCO3)c2ccccc21)c1ccc(Br)cc1.[Br-]. The summed E-state index contributed by atoms with van der Waals surface area (Å²) in [5, 5.41) is 0. The second kappa shape index (κ2) is 8.74. The Kier molecular flexibility index (Phi) is 6.06. The number of aromatic nitrogens is 2. The van der Waals surface area contributed by atoms with E-state index in [1.165, 1.54) is 11.1 Å². The van der Waals surface area contributed by atoms with Crippen LogP contribution in [0.3, 0.4) is 0 Å². The van der Waals surface area contributed by atoms with Crippen molar-refractivity contribution in [3.05, 3.63) is 94.2 Å². The van der Waals surface area contributed by atoms with Gasteiger partial charge in [0.1, 0.15) is 12.3 Å². The monoisotopic (exact) mass is 526 g/mol. The Morgan fingerprint density at radius 3 is 2.70 bits per heavy atom. The number of imidazole rings is 1. The number of fused-ring (bicyclic) bond motifs is 2. The van der Waals surface area contributed by atoms with E-state index in [9.17, 15) is 4.79 Å². The van der Waals surface area contributed by atoms with Gasteiger partial charge in [-0.15, -0.1) is 0 Å². The van der Waals surface area contributed by atoms with Crippen molar-refractivity contribution in [3.8, 4) is 5.75 Å². The van der Waals surface area contributed by atoms with Gasteiger partial charge in [-0.25, -0.2) is 9.13 Å². The van der Waals surface area contributed by atoms with E-state index in [4.69, 9.17) is 4.74 Å². The zero-order valence-electron chi connectivity index (χ0n) is 16.2. The van der Waals surface area contributed by atoms with Gasteiger partial charge in [-0.2, -0.15) is 0 Å². The number of para-hydroxylation sites is 2. The van der Waals surface area contributed by atoms with Crippen molar-refractivity contribution in [1.29, 1.82) is 0 Å². The molecule has 2 heterocycles. The number of carbonyl (C=O) groups excluding carboxylic acids is 1. The fourth-order valence-corrected chi connectivity index (χ4v) is 4.18. The minimum atomic E-state index is 0. The van der Waals surface area contributed by atoms with Crippen molar-refractivity contribution in [3.63, 3.8) is 0 Å². The molecule has 0 radical (unpaired) electrons. The summed E-state index contributed by atoms with van der Waals surface area (Å²) in [5.41, 5.74) is 5.41. The lowest BCUT2D eigenvalue weighted by Crippen LogP contribution is -3.00. The number of ether oxygens (including phenoxy) is 1. The maximum Gasteiger partial charge on any atom is 0.245 e. The number of Topliss-reactive ketones (excluding diaryl/α,β-unsaturated/α-hetero) is 1. The van der Waals surface area contributed by atoms with Crippen LogP contribution in [0.1, 0.15) is 21.5 Å². The van der Waals surface area contributed by atoms with Gasteiger partial charge in [0.05, 0.1) is 6.61 Å². The summed E-state index contributed by atoms with van der Waals surface area (Å²) in [6, 6.07) is 22.2. The lowest BCUT2D eigenvalue weighted by molar-refractivity contribution is -0.663. The van der Waals surface area contributed by atoms with E-state index in [-0.39, 0.29) is 22.8 Å².